The zero-order valence-corrected chi connectivity index (χ0v) is 19.6. The number of benzene rings is 1. The van der Waals surface area contributed by atoms with Gasteiger partial charge in [-0.3, -0.25) is 9.59 Å². The van der Waals surface area contributed by atoms with Crippen LogP contribution in [0.3, 0.4) is 0 Å². The molecule has 2 heterocycles. The van der Waals surface area contributed by atoms with Crippen molar-refractivity contribution in [1.82, 2.24) is 9.62 Å². The standard InChI is InChI=1S/C24H33N3O4S/c1-16-14-19-15-21(8-9-22(19)27(16)24(29)18-6-7-18)32(30,31)26-12-10-17(11-13-26)23(28)25-20-4-2-3-5-20/h8-9,15-18,20H,2-7,10-14H2,1H3,(H,25,28)/t16-/m1/s1. The average molecular weight is 460 g/mol. The Morgan fingerprint density at radius 3 is 2.31 bits per heavy atom. The maximum atomic E-state index is 13.3. The molecule has 0 unspecified atom stereocenters. The van der Waals surface area contributed by atoms with Gasteiger partial charge in [0.15, 0.2) is 0 Å². The zero-order valence-electron chi connectivity index (χ0n) is 18.8. The van der Waals surface area contributed by atoms with Crippen LogP contribution in [0.1, 0.15) is 63.9 Å². The number of rotatable bonds is 5. The van der Waals surface area contributed by atoms with Crippen LogP contribution in [0.2, 0.25) is 0 Å². The summed E-state index contributed by atoms with van der Waals surface area (Å²) < 4.78 is 28.1. The predicted molar refractivity (Wildman–Crippen MR) is 122 cm³/mol. The Hall–Kier alpha value is -1.93. The lowest BCUT2D eigenvalue weighted by Gasteiger charge is -2.31. The number of sulfonamides is 1. The van der Waals surface area contributed by atoms with E-state index in [1.54, 1.807) is 18.2 Å². The van der Waals surface area contributed by atoms with Crippen molar-refractivity contribution in [2.45, 2.75) is 81.7 Å². The Bertz CT molecular complexity index is 1010. The molecular formula is C24H33N3O4S. The highest BCUT2D eigenvalue weighted by atomic mass is 32.2. The monoisotopic (exact) mass is 459 g/mol. The van der Waals surface area contributed by atoms with Crippen molar-refractivity contribution in [2.75, 3.05) is 18.0 Å². The van der Waals surface area contributed by atoms with Gasteiger partial charge in [-0.2, -0.15) is 4.31 Å². The number of carbonyl (C=O) groups excluding carboxylic acids is 2. The van der Waals surface area contributed by atoms with Gasteiger partial charge in [0.1, 0.15) is 0 Å². The molecule has 2 aliphatic carbocycles. The molecule has 8 heteroatoms. The van der Waals surface area contributed by atoms with Crippen LogP contribution in [0.4, 0.5) is 5.69 Å². The SMILES string of the molecule is C[C@@H]1Cc2cc(S(=O)(=O)N3CCC(C(=O)NC4CCCC4)CC3)ccc2N1C(=O)C1CC1. The first kappa shape index (κ1) is 21.9. The quantitative estimate of drug-likeness (QED) is 0.734. The molecule has 5 rings (SSSR count). The molecule has 3 fully saturated rings. The number of nitrogens with one attached hydrogen (secondary N) is 1. The molecule has 0 aromatic heterocycles. The maximum Gasteiger partial charge on any atom is 0.243 e. The second kappa shape index (κ2) is 8.45. The van der Waals surface area contributed by atoms with Gasteiger partial charge in [-0.05, 0) is 75.6 Å². The lowest BCUT2D eigenvalue weighted by molar-refractivity contribution is -0.126. The molecule has 32 heavy (non-hydrogen) atoms. The number of piperidine rings is 1. The number of nitrogens with zero attached hydrogens (tertiary/aromatic N) is 2. The van der Waals surface area contributed by atoms with Crippen molar-refractivity contribution >= 4 is 27.5 Å². The van der Waals surface area contributed by atoms with Gasteiger partial charge in [-0.15, -0.1) is 0 Å². The highest BCUT2D eigenvalue weighted by Gasteiger charge is 2.40. The van der Waals surface area contributed by atoms with Gasteiger partial charge in [0.05, 0.1) is 4.90 Å². The molecule has 0 radical (unpaired) electrons. The number of carbonyl (C=O) groups is 2. The van der Waals surface area contributed by atoms with E-state index in [1.165, 1.54) is 17.1 Å². The zero-order chi connectivity index (χ0) is 22.5. The molecule has 0 bridgehead atoms. The minimum absolute atomic E-state index is 0.0604. The van der Waals surface area contributed by atoms with Gasteiger partial charge in [0.2, 0.25) is 21.8 Å². The first-order chi connectivity index (χ1) is 15.3. The van der Waals surface area contributed by atoms with Crippen LogP contribution < -0.4 is 10.2 Å². The normalized spacial score (nSPS) is 25.2. The van der Waals surface area contributed by atoms with Crippen molar-refractivity contribution in [2.24, 2.45) is 11.8 Å². The number of amides is 2. The molecule has 1 N–H and O–H groups in total. The molecule has 2 saturated carbocycles. The second-order valence-corrected chi connectivity index (χ2v) is 11.9. The summed E-state index contributed by atoms with van der Waals surface area (Å²) >= 11 is 0. The van der Waals surface area contributed by atoms with Gasteiger partial charge in [0.25, 0.3) is 0 Å². The fourth-order valence-corrected chi connectivity index (χ4v) is 7.05. The van der Waals surface area contributed by atoms with Gasteiger partial charge >= 0.3 is 0 Å². The average Bonchev–Trinajstić information content (AvgIpc) is 3.41. The van der Waals surface area contributed by atoms with Crippen molar-refractivity contribution in [3.05, 3.63) is 23.8 Å². The number of hydrogen-bond acceptors (Lipinski definition) is 4. The molecule has 1 aromatic carbocycles. The molecule has 1 saturated heterocycles. The predicted octanol–water partition coefficient (Wildman–Crippen LogP) is 2.83. The van der Waals surface area contributed by atoms with Gasteiger partial charge in [-0.25, -0.2) is 8.42 Å². The van der Waals surface area contributed by atoms with Crippen molar-refractivity contribution in [1.29, 1.82) is 0 Å². The van der Waals surface area contributed by atoms with E-state index in [4.69, 9.17) is 0 Å². The minimum atomic E-state index is -3.62. The number of anilines is 1. The van der Waals surface area contributed by atoms with E-state index in [0.29, 0.717) is 38.4 Å². The third-order valence-electron chi connectivity index (χ3n) is 7.59. The lowest BCUT2D eigenvalue weighted by atomic mass is 9.97. The van der Waals surface area contributed by atoms with Crippen LogP contribution in [0.15, 0.2) is 23.1 Å². The molecule has 7 nitrogen and oxygen atoms in total. The van der Waals surface area contributed by atoms with Crippen LogP contribution in [-0.4, -0.2) is 49.7 Å². The summed E-state index contributed by atoms with van der Waals surface area (Å²) in [5.41, 5.74) is 1.79. The number of hydrogen-bond donors (Lipinski definition) is 1. The van der Waals surface area contributed by atoms with E-state index in [9.17, 15) is 18.0 Å². The summed E-state index contributed by atoms with van der Waals surface area (Å²) in [6.07, 6.45) is 8.17. The topological polar surface area (TPSA) is 86.8 Å². The fourth-order valence-electron chi connectivity index (χ4n) is 5.53. The molecule has 1 aromatic rings. The van der Waals surface area contributed by atoms with Crippen molar-refractivity contribution in [3.63, 3.8) is 0 Å². The van der Waals surface area contributed by atoms with Gasteiger partial charge in [0, 0.05) is 42.7 Å². The summed E-state index contributed by atoms with van der Waals surface area (Å²) in [7, 11) is -3.62. The largest absolute Gasteiger partial charge is 0.353 e. The Morgan fingerprint density at radius 1 is 0.969 bits per heavy atom. The number of fused-ring (bicyclic) bond motifs is 1. The minimum Gasteiger partial charge on any atom is -0.353 e. The van der Waals surface area contributed by atoms with Crippen molar-refractivity contribution < 1.29 is 18.0 Å². The summed E-state index contributed by atoms with van der Waals surface area (Å²) in [6, 6.07) is 5.54. The Kier molecular flexibility index (Phi) is 5.78. The third kappa shape index (κ3) is 4.07. The highest BCUT2D eigenvalue weighted by Crippen LogP contribution is 2.40. The van der Waals surface area contributed by atoms with Crippen LogP contribution in [0.25, 0.3) is 0 Å². The highest BCUT2D eigenvalue weighted by molar-refractivity contribution is 7.89. The fraction of sp³-hybridized carbons (Fsp3) is 0.667. The van der Waals surface area contributed by atoms with Crippen LogP contribution >= 0.6 is 0 Å². The van der Waals surface area contributed by atoms with E-state index in [0.717, 1.165) is 36.9 Å². The first-order valence-electron chi connectivity index (χ1n) is 12.1. The summed E-state index contributed by atoms with van der Waals surface area (Å²) in [5.74, 6) is 0.287. The Balaban J connectivity index is 1.25. The second-order valence-electron chi connectivity index (χ2n) is 9.99. The van der Waals surface area contributed by atoms with Gasteiger partial charge in [-0.1, -0.05) is 12.8 Å². The first-order valence-corrected chi connectivity index (χ1v) is 13.5. The van der Waals surface area contributed by atoms with E-state index in [2.05, 4.69) is 5.32 Å². The van der Waals surface area contributed by atoms with Crippen LogP contribution in [0, 0.1) is 11.8 Å². The summed E-state index contributed by atoms with van der Waals surface area (Å²) in [6.45, 7) is 2.76. The van der Waals surface area contributed by atoms with E-state index < -0.39 is 10.0 Å². The molecule has 2 amide bonds. The van der Waals surface area contributed by atoms with Crippen LogP contribution in [-0.2, 0) is 26.0 Å². The lowest BCUT2D eigenvalue weighted by Crippen LogP contribution is -2.44. The molecular weight excluding hydrogens is 426 g/mol. The third-order valence-corrected chi connectivity index (χ3v) is 9.49. The molecule has 2 aliphatic heterocycles. The molecule has 174 valence electrons. The van der Waals surface area contributed by atoms with Gasteiger partial charge < -0.3 is 10.2 Å². The molecule has 1 atom stereocenters. The molecule has 4 aliphatic rings. The summed E-state index contributed by atoms with van der Waals surface area (Å²) in [4.78, 5) is 27.4. The maximum absolute atomic E-state index is 13.3. The Labute approximate surface area is 190 Å². The summed E-state index contributed by atoms with van der Waals surface area (Å²) in [5, 5.41) is 3.15. The smallest absolute Gasteiger partial charge is 0.243 e. The Morgan fingerprint density at radius 2 is 1.66 bits per heavy atom. The van der Waals surface area contributed by atoms with Crippen molar-refractivity contribution in [3.8, 4) is 0 Å². The van der Waals surface area contributed by atoms with E-state index >= 15 is 0 Å². The van der Waals surface area contributed by atoms with Crippen LogP contribution in [0.5, 0.6) is 0 Å². The van der Waals surface area contributed by atoms with E-state index in [-0.39, 0.29) is 34.6 Å². The molecule has 0 spiro atoms. The van der Waals surface area contributed by atoms with E-state index in [1.807, 2.05) is 11.8 Å².